The summed E-state index contributed by atoms with van der Waals surface area (Å²) in [4.78, 5) is 0. The molecule has 0 spiro atoms. The number of aromatic nitrogens is 3. The van der Waals surface area contributed by atoms with Crippen LogP contribution in [0.15, 0.2) is 491 Å². The van der Waals surface area contributed by atoms with Crippen molar-refractivity contribution in [2.45, 2.75) is 0 Å². The van der Waals surface area contributed by atoms with Crippen molar-refractivity contribution in [2.24, 2.45) is 0 Å². The molecule has 0 unspecified atom stereocenters. The molecule has 9 aromatic heterocycles. The fraction of sp³-hybridized carbons (Fsp3) is 0. The van der Waals surface area contributed by atoms with Gasteiger partial charge in [-0.1, -0.05) is 394 Å². The van der Waals surface area contributed by atoms with Crippen molar-refractivity contribution in [3.8, 4) is 117 Å². The summed E-state index contributed by atoms with van der Waals surface area (Å²) in [5.41, 5.74) is 34.0. The maximum atomic E-state index is 2.43. The molecule has 0 atom stereocenters. The van der Waals surface area contributed by atoms with Gasteiger partial charge in [0.25, 0.3) is 0 Å². The van der Waals surface area contributed by atoms with Crippen molar-refractivity contribution >= 4 is 222 Å². The molecule has 0 saturated carbocycles. The maximum absolute atomic E-state index is 2.43. The first kappa shape index (κ1) is 82.8. The van der Waals surface area contributed by atoms with E-state index in [4.69, 9.17) is 0 Å². The van der Waals surface area contributed by atoms with Gasteiger partial charge in [0.15, 0.2) is 0 Å². The molecule has 3 nitrogen and oxygen atoms in total. The summed E-state index contributed by atoms with van der Waals surface area (Å²) < 4.78 is 23.3. The highest BCUT2D eigenvalue weighted by Gasteiger charge is 2.26. The van der Waals surface area contributed by atoms with Crippen molar-refractivity contribution < 1.29 is 0 Å². The summed E-state index contributed by atoms with van der Waals surface area (Å²) in [6, 6.07) is 180. The Morgan fingerprint density at radius 3 is 0.787 bits per heavy atom. The lowest BCUT2D eigenvalue weighted by atomic mass is 9.93. The van der Waals surface area contributed by atoms with Gasteiger partial charge in [0, 0.05) is 135 Å². The average molecular weight is 1900 g/mol. The van der Waals surface area contributed by atoms with Gasteiger partial charge in [0.05, 0.1) is 47.2 Å². The van der Waals surface area contributed by atoms with E-state index in [1.807, 2.05) is 68.0 Å². The quantitative estimate of drug-likeness (QED) is 0.116. The van der Waals surface area contributed by atoms with Crippen LogP contribution in [0.25, 0.3) is 271 Å². The van der Waals surface area contributed by atoms with Gasteiger partial charge in [-0.3, -0.25) is 0 Å². The van der Waals surface area contributed by atoms with Crippen molar-refractivity contribution in [3.05, 3.63) is 491 Å². The predicted molar refractivity (Wildman–Crippen MR) is 616 cm³/mol. The van der Waals surface area contributed by atoms with Gasteiger partial charge in [-0.25, -0.2) is 0 Å². The highest BCUT2D eigenvalue weighted by atomic mass is 32.1. The Morgan fingerprint density at radius 2 is 0.383 bits per heavy atom. The predicted octanol–water partition coefficient (Wildman–Crippen LogP) is 40.1. The molecule has 0 amide bonds. The number of hydrogen-bond donors (Lipinski definition) is 0. The average Bonchev–Trinajstić information content (AvgIpc) is 1.57. The molecule has 0 bridgehead atoms. The molecule has 141 heavy (non-hydrogen) atoms. The number of benzene rings is 21. The fourth-order valence-electron chi connectivity index (χ4n) is 21.8. The number of nitrogens with zero attached hydrogens (tertiary/aromatic N) is 3. The molecule has 0 aliphatic rings. The highest BCUT2D eigenvalue weighted by Crippen LogP contribution is 2.53. The topological polar surface area (TPSA) is 14.8 Å². The number of para-hydroxylation sites is 6. The van der Waals surface area contributed by atoms with Crippen LogP contribution in [0.1, 0.15) is 0 Å². The zero-order valence-electron chi connectivity index (χ0n) is 76.1. The SMILES string of the molecule is c1ccc(-c2ccc3c(c2)sc2cc(-c4ccccc4-c4ccc5c(c4)sc4c6ccccc6n(-c6ccccc6)c54)ccc23)cc1.c1ccc(-c2ccc3sc4c(-c5ccccc5-c5ccc6c(c5)sc5c7ccccc7n(-c7ccccc7)c65)cccc4c3c2)cc1.c1ccc(-c2cccc3c2sc2c(-c4ccccc4-c4ccc5c(c4)sc4c6ccccc6n(-c6ccccc6)c54)cccc23)cc1. The molecule has 30 aromatic rings. The van der Waals surface area contributed by atoms with E-state index in [2.05, 4.69) is 505 Å². The summed E-state index contributed by atoms with van der Waals surface area (Å²) in [7, 11) is 0. The van der Waals surface area contributed by atoms with E-state index < -0.39 is 0 Å². The van der Waals surface area contributed by atoms with Gasteiger partial charge in [-0.05, 0) is 186 Å². The number of rotatable bonds is 12. The van der Waals surface area contributed by atoms with Crippen LogP contribution >= 0.6 is 68.0 Å². The minimum Gasteiger partial charge on any atom is -0.308 e. The van der Waals surface area contributed by atoms with E-state index in [-0.39, 0.29) is 0 Å². The van der Waals surface area contributed by atoms with Crippen molar-refractivity contribution in [1.29, 1.82) is 0 Å². The molecule has 0 saturated heterocycles. The first-order valence-electron chi connectivity index (χ1n) is 47.8. The van der Waals surface area contributed by atoms with Crippen LogP contribution in [-0.4, -0.2) is 13.7 Å². The van der Waals surface area contributed by atoms with E-state index in [1.54, 1.807) is 0 Å². The van der Waals surface area contributed by atoms with E-state index in [1.165, 1.54) is 271 Å². The molecule has 9 heterocycles. The van der Waals surface area contributed by atoms with Gasteiger partial charge < -0.3 is 13.7 Å². The molecule has 0 radical (unpaired) electrons. The zero-order chi connectivity index (χ0) is 92.7. The normalized spacial score (nSPS) is 11.8. The molecule has 21 aromatic carbocycles. The van der Waals surface area contributed by atoms with E-state index >= 15 is 0 Å². The number of fused-ring (bicyclic) bond motifs is 24. The lowest BCUT2D eigenvalue weighted by molar-refractivity contribution is 1.19. The second-order valence-corrected chi connectivity index (χ2v) is 42.6. The van der Waals surface area contributed by atoms with Crippen LogP contribution in [-0.2, 0) is 0 Å². The Hall–Kier alpha value is -16.4. The smallest absolute Gasteiger partial charge is 0.0727 e. The zero-order valence-corrected chi connectivity index (χ0v) is 81.0. The standard InChI is InChI=1S/3C44H27NS2/c1-3-13-28(14-4-1)32-20-11-22-35-36-23-12-21-34(43(36)47-42(32)35)33-18-8-7-17-31(33)29-25-26-38-40(27-29)46-44-37-19-9-10-24-39(37)45(41(38)44)30-15-5-2-6-16-30;1-3-12-28(13-4-1)29-23-25-40-38(26-29)35-20-11-19-34(43(35)46-40)33-17-8-7-16-32(33)30-22-24-37-41(27-30)47-44-36-18-9-10-21-39(36)45(42(37)44)31-14-5-2-6-15-31;1-3-11-28(12-4-1)29-19-22-35-36-23-20-30(26-41(36)46-40(35)25-29)33-15-7-8-16-34(33)31-21-24-38-42(27-31)47-44-37-17-9-10-18-39(37)45(43(38)44)32-13-5-2-6-14-32/h3*1-27H. The number of thiophene rings is 6. The van der Waals surface area contributed by atoms with E-state index in [0.717, 1.165) is 0 Å². The van der Waals surface area contributed by atoms with Crippen molar-refractivity contribution in [2.75, 3.05) is 0 Å². The molecule has 0 fully saturated rings. The summed E-state index contributed by atoms with van der Waals surface area (Å²) in [6.45, 7) is 0. The molecule has 9 heteroatoms. The maximum Gasteiger partial charge on any atom is 0.0727 e. The lowest BCUT2D eigenvalue weighted by Crippen LogP contribution is -1.92. The molecule has 0 N–H and O–H groups in total. The lowest BCUT2D eigenvalue weighted by Gasteiger charge is -2.12. The van der Waals surface area contributed by atoms with Gasteiger partial charge in [-0.15, -0.1) is 68.0 Å². The third-order valence-electron chi connectivity index (χ3n) is 28.3. The largest absolute Gasteiger partial charge is 0.308 e. The van der Waals surface area contributed by atoms with Gasteiger partial charge in [-0.2, -0.15) is 0 Å². The monoisotopic (exact) mass is 1900 g/mol. The first-order chi connectivity index (χ1) is 69.9. The van der Waals surface area contributed by atoms with E-state index in [9.17, 15) is 0 Å². The first-order valence-corrected chi connectivity index (χ1v) is 52.7. The van der Waals surface area contributed by atoms with Crippen LogP contribution in [0.5, 0.6) is 0 Å². The fourth-order valence-corrected chi connectivity index (χ4v) is 29.4. The molecule has 0 aliphatic heterocycles. The molecular weight excluding hydrogens is 1820 g/mol. The minimum absolute atomic E-state index is 1.19. The molecule has 0 aliphatic carbocycles. The Bertz CT molecular complexity index is 10200. The van der Waals surface area contributed by atoms with Crippen LogP contribution in [0, 0.1) is 0 Å². The van der Waals surface area contributed by atoms with Crippen molar-refractivity contribution in [1.82, 2.24) is 13.7 Å². The summed E-state index contributed by atoms with van der Waals surface area (Å²) in [5, 5.41) is 15.7. The highest BCUT2D eigenvalue weighted by molar-refractivity contribution is 7.29. The second-order valence-electron chi connectivity index (χ2n) is 36.3. The van der Waals surface area contributed by atoms with E-state index in [0.29, 0.717) is 0 Å². The minimum atomic E-state index is 1.19. The second kappa shape index (κ2) is 34.3. The molecule has 660 valence electrons. The third-order valence-corrected chi connectivity index (χ3v) is 35.4. The molecule has 30 rings (SSSR count). The molecular formula is C132H81N3S6. The summed E-state index contributed by atoms with van der Waals surface area (Å²) >= 11 is 11.4. The summed E-state index contributed by atoms with van der Waals surface area (Å²) in [5.74, 6) is 0. The Balaban J connectivity index is 0.000000104. The van der Waals surface area contributed by atoms with Crippen LogP contribution in [0.2, 0.25) is 0 Å². The van der Waals surface area contributed by atoms with Crippen molar-refractivity contribution in [3.63, 3.8) is 0 Å². The Kier molecular flexibility index (Phi) is 20.1. The third kappa shape index (κ3) is 14.0. The van der Waals surface area contributed by atoms with Crippen LogP contribution in [0.4, 0.5) is 0 Å². The Labute approximate surface area is 837 Å². The Morgan fingerprint density at radius 1 is 0.121 bits per heavy atom. The van der Waals surface area contributed by atoms with Gasteiger partial charge >= 0.3 is 0 Å². The summed E-state index contributed by atoms with van der Waals surface area (Å²) in [6.07, 6.45) is 0. The van der Waals surface area contributed by atoms with Gasteiger partial charge in [0.2, 0.25) is 0 Å². The van der Waals surface area contributed by atoms with Crippen LogP contribution in [0.3, 0.4) is 0 Å². The number of hydrogen-bond acceptors (Lipinski definition) is 6. The van der Waals surface area contributed by atoms with Crippen LogP contribution < -0.4 is 0 Å². The van der Waals surface area contributed by atoms with Gasteiger partial charge in [0.1, 0.15) is 0 Å².